The quantitative estimate of drug-likeness (QED) is 0.511. The minimum Gasteiger partial charge on any atom is -0.384 e. The molecular formula is C11H13Cl2N5. The Morgan fingerprint density at radius 1 is 1.33 bits per heavy atom. The van der Waals surface area contributed by atoms with E-state index in [-0.39, 0.29) is 6.04 Å². The molecule has 0 aliphatic carbocycles. The number of halogens is 2. The van der Waals surface area contributed by atoms with Gasteiger partial charge in [-0.3, -0.25) is 16.4 Å². The number of aromatic nitrogens is 2. The number of nitrogens with two attached hydrogens (primary N) is 2. The second kappa shape index (κ2) is 5.58. The maximum atomic E-state index is 6.12. The Hall–Kier alpha value is -1.27. The monoisotopic (exact) mass is 285 g/mol. The summed E-state index contributed by atoms with van der Waals surface area (Å²) in [7, 11) is 0. The van der Waals surface area contributed by atoms with Crippen LogP contribution in [0.4, 0.5) is 5.82 Å². The molecule has 0 bridgehead atoms. The van der Waals surface area contributed by atoms with Crippen molar-refractivity contribution in [3.8, 4) is 0 Å². The smallest absolute Gasteiger partial charge is 0.123 e. The molecule has 0 aliphatic heterocycles. The van der Waals surface area contributed by atoms with E-state index < -0.39 is 0 Å². The average molecular weight is 286 g/mol. The second-order valence-corrected chi connectivity index (χ2v) is 4.68. The Morgan fingerprint density at radius 3 is 2.50 bits per heavy atom. The summed E-state index contributed by atoms with van der Waals surface area (Å²) in [6.45, 7) is 0. The van der Waals surface area contributed by atoms with Crippen LogP contribution in [0.2, 0.25) is 10.0 Å². The predicted octanol–water partition coefficient (Wildman–Crippen LogP) is 2.05. The van der Waals surface area contributed by atoms with Crippen molar-refractivity contribution in [3.63, 3.8) is 0 Å². The molecule has 6 N–H and O–H groups in total. The summed E-state index contributed by atoms with van der Waals surface area (Å²) in [4.78, 5) is 0. The zero-order valence-electron chi connectivity index (χ0n) is 9.45. The number of hydrogen-bond donors (Lipinski definition) is 4. The van der Waals surface area contributed by atoms with Gasteiger partial charge in [-0.25, -0.2) is 0 Å². The van der Waals surface area contributed by atoms with Gasteiger partial charge in [-0.1, -0.05) is 29.3 Å². The third-order valence-electron chi connectivity index (χ3n) is 2.75. The summed E-state index contributed by atoms with van der Waals surface area (Å²) >= 11 is 12.2. The van der Waals surface area contributed by atoms with E-state index >= 15 is 0 Å². The van der Waals surface area contributed by atoms with Crippen molar-refractivity contribution >= 4 is 29.0 Å². The van der Waals surface area contributed by atoms with Gasteiger partial charge in [-0.2, -0.15) is 5.10 Å². The van der Waals surface area contributed by atoms with E-state index in [4.69, 9.17) is 34.8 Å². The molecule has 1 atom stereocenters. The number of nitrogen functional groups attached to an aromatic ring is 1. The lowest BCUT2D eigenvalue weighted by molar-refractivity contribution is 0.554. The van der Waals surface area contributed by atoms with Crippen LogP contribution >= 0.6 is 23.2 Å². The minimum atomic E-state index is -0.207. The van der Waals surface area contributed by atoms with Crippen molar-refractivity contribution in [2.75, 3.05) is 5.73 Å². The first-order valence-electron chi connectivity index (χ1n) is 5.31. The van der Waals surface area contributed by atoms with Crippen LogP contribution in [-0.4, -0.2) is 10.2 Å². The molecule has 0 spiro atoms. The summed E-state index contributed by atoms with van der Waals surface area (Å²) in [5, 5.41) is 7.73. The first-order chi connectivity index (χ1) is 8.63. The van der Waals surface area contributed by atoms with Crippen LogP contribution in [-0.2, 0) is 6.42 Å². The average Bonchev–Trinajstić information content (AvgIpc) is 2.76. The van der Waals surface area contributed by atoms with Crippen molar-refractivity contribution in [1.82, 2.24) is 15.6 Å². The van der Waals surface area contributed by atoms with Crippen molar-refractivity contribution < 1.29 is 0 Å². The Balaban J connectivity index is 2.29. The molecule has 0 saturated heterocycles. The highest BCUT2D eigenvalue weighted by molar-refractivity contribution is 6.36. The second-order valence-electron chi connectivity index (χ2n) is 3.86. The summed E-state index contributed by atoms with van der Waals surface area (Å²) < 4.78 is 0. The Morgan fingerprint density at radius 2 is 2.00 bits per heavy atom. The summed E-state index contributed by atoms with van der Waals surface area (Å²) in [5.74, 6) is 6.02. The normalized spacial score (nSPS) is 12.6. The van der Waals surface area contributed by atoms with E-state index in [1.54, 1.807) is 24.4 Å². The molecule has 7 heteroatoms. The van der Waals surface area contributed by atoms with Gasteiger partial charge in [0.25, 0.3) is 0 Å². The van der Waals surface area contributed by atoms with E-state index in [1.165, 1.54) is 0 Å². The number of benzene rings is 1. The van der Waals surface area contributed by atoms with Crippen molar-refractivity contribution in [2.24, 2.45) is 5.84 Å². The number of rotatable bonds is 4. The largest absolute Gasteiger partial charge is 0.384 e. The molecule has 1 heterocycles. The summed E-state index contributed by atoms with van der Waals surface area (Å²) in [6.07, 6.45) is 2.16. The fraction of sp³-hybridized carbons (Fsp3) is 0.182. The highest BCUT2D eigenvalue weighted by atomic mass is 35.5. The maximum Gasteiger partial charge on any atom is 0.123 e. The van der Waals surface area contributed by atoms with Gasteiger partial charge < -0.3 is 5.73 Å². The molecule has 0 fully saturated rings. The molecule has 0 radical (unpaired) electrons. The Bertz CT molecular complexity index is 520. The lowest BCUT2D eigenvalue weighted by Crippen LogP contribution is -2.30. The number of hydrazine groups is 1. The molecule has 96 valence electrons. The van der Waals surface area contributed by atoms with Gasteiger partial charge in [0, 0.05) is 15.6 Å². The van der Waals surface area contributed by atoms with Crippen LogP contribution in [0.1, 0.15) is 17.2 Å². The van der Waals surface area contributed by atoms with Gasteiger partial charge >= 0.3 is 0 Å². The van der Waals surface area contributed by atoms with Crippen LogP contribution in [0.15, 0.2) is 24.4 Å². The number of nitrogens with one attached hydrogen (secondary N) is 2. The van der Waals surface area contributed by atoms with E-state index in [0.29, 0.717) is 22.3 Å². The fourth-order valence-corrected chi connectivity index (χ4v) is 2.33. The third kappa shape index (κ3) is 2.59. The van der Waals surface area contributed by atoms with Crippen LogP contribution in [0.25, 0.3) is 0 Å². The van der Waals surface area contributed by atoms with Crippen molar-refractivity contribution in [2.45, 2.75) is 12.5 Å². The van der Waals surface area contributed by atoms with Gasteiger partial charge in [0.15, 0.2) is 0 Å². The molecule has 18 heavy (non-hydrogen) atoms. The van der Waals surface area contributed by atoms with Crippen molar-refractivity contribution in [1.29, 1.82) is 0 Å². The molecule has 0 saturated carbocycles. The maximum absolute atomic E-state index is 6.12. The highest BCUT2D eigenvalue weighted by Gasteiger charge is 2.18. The molecule has 2 aromatic rings. The van der Waals surface area contributed by atoms with E-state index in [0.717, 1.165) is 11.1 Å². The molecular weight excluding hydrogens is 273 g/mol. The van der Waals surface area contributed by atoms with Gasteiger partial charge in [0.05, 0.1) is 12.2 Å². The van der Waals surface area contributed by atoms with Crippen LogP contribution in [0, 0.1) is 0 Å². The molecule has 1 aromatic carbocycles. The first-order valence-corrected chi connectivity index (χ1v) is 6.06. The molecule has 5 nitrogen and oxygen atoms in total. The molecule has 1 unspecified atom stereocenters. The lowest BCUT2D eigenvalue weighted by atomic mass is 10.0. The lowest BCUT2D eigenvalue weighted by Gasteiger charge is -2.16. The number of anilines is 1. The van der Waals surface area contributed by atoms with E-state index in [9.17, 15) is 0 Å². The molecule has 1 aromatic heterocycles. The van der Waals surface area contributed by atoms with Gasteiger partial charge in [0.1, 0.15) is 5.82 Å². The molecule has 0 amide bonds. The zero-order chi connectivity index (χ0) is 13.1. The number of hydrogen-bond acceptors (Lipinski definition) is 4. The van der Waals surface area contributed by atoms with Gasteiger partial charge in [-0.05, 0) is 24.1 Å². The highest BCUT2D eigenvalue weighted by Crippen LogP contribution is 2.30. The fourth-order valence-electron chi connectivity index (χ4n) is 1.77. The predicted molar refractivity (Wildman–Crippen MR) is 73.2 cm³/mol. The van der Waals surface area contributed by atoms with Crippen LogP contribution < -0.4 is 17.0 Å². The number of H-pyrrole nitrogens is 1. The minimum absolute atomic E-state index is 0.207. The van der Waals surface area contributed by atoms with Gasteiger partial charge in [-0.15, -0.1) is 0 Å². The third-order valence-corrected chi connectivity index (χ3v) is 3.45. The van der Waals surface area contributed by atoms with Crippen LogP contribution in [0.3, 0.4) is 0 Å². The molecule has 0 aliphatic rings. The summed E-state index contributed by atoms with van der Waals surface area (Å²) in [6, 6.07) is 5.16. The van der Waals surface area contributed by atoms with Crippen LogP contribution in [0.5, 0.6) is 0 Å². The topological polar surface area (TPSA) is 92.7 Å². The van der Waals surface area contributed by atoms with E-state index in [1.807, 2.05) is 0 Å². The number of aromatic amines is 1. The standard InChI is InChI=1S/C11H13Cl2N5/c12-8-2-1-3-9(13)6(8)4-10(17-15)7-5-16-18-11(7)14/h1-3,5,10,17H,4,15H2,(H3,14,16,18). The van der Waals surface area contributed by atoms with Crippen molar-refractivity contribution in [3.05, 3.63) is 45.6 Å². The zero-order valence-corrected chi connectivity index (χ0v) is 11.0. The van der Waals surface area contributed by atoms with E-state index in [2.05, 4.69) is 15.6 Å². The SMILES string of the molecule is NNC(Cc1c(Cl)cccc1Cl)c1cn[nH]c1N. The first kappa shape index (κ1) is 13.2. The number of nitrogens with zero attached hydrogens (tertiary/aromatic N) is 1. The Labute approximate surface area is 114 Å². The molecule has 2 rings (SSSR count). The van der Waals surface area contributed by atoms with Gasteiger partial charge in [0.2, 0.25) is 0 Å². The summed E-state index contributed by atoms with van der Waals surface area (Å²) in [5.41, 5.74) is 10.1. The Kier molecular flexibility index (Phi) is 4.08.